The Morgan fingerprint density at radius 3 is 2.63 bits per heavy atom. The molecule has 1 aromatic carbocycles. The van der Waals surface area contributed by atoms with Crippen LogP contribution in [0.3, 0.4) is 0 Å². The van der Waals surface area contributed by atoms with Crippen LogP contribution in [-0.2, 0) is 10.9 Å². The van der Waals surface area contributed by atoms with Crippen molar-refractivity contribution in [3.8, 4) is 11.4 Å². The van der Waals surface area contributed by atoms with E-state index in [1.165, 1.54) is 24.3 Å². The molecule has 2 saturated heterocycles. The van der Waals surface area contributed by atoms with Gasteiger partial charge in [0.1, 0.15) is 0 Å². The molecule has 2 aliphatic rings. The molecule has 2 aromatic heterocycles. The highest BCUT2D eigenvalue weighted by Gasteiger charge is 2.39. The van der Waals surface area contributed by atoms with Crippen molar-refractivity contribution < 1.29 is 32.0 Å². The normalized spacial score (nSPS) is 20.0. The number of rotatable bonds is 5. The first kappa shape index (κ1) is 25.6. The second-order valence-electron chi connectivity index (χ2n) is 9.05. The molecule has 10 nitrogen and oxygen atoms in total. The van der Waals surface area contributed by atoms with Gasteiger partial charge in [-0.05, 0) is 36.6 Å². The fourth-order valence-electron chi connectivity index (χ4n) is 4.70. The van der Waals surface area contributed by atoms with E-state index in [1.807, 2.05) is 17.0 Å². The number of alkyl halides is 3. The summed E-state index contributed by atoms with van der Waals surface area (Å²) in [6, 6.07) is 9.12. The Morgan fingerprint density at radius 1 is 1.11 bits per heavy atom. The summed E-state index contributed by atoms with van der Waals surface area (Å²) < 4.78 is 47.9. The first-order chi connectivity index (χ1) is 18.3. The largest absolute Gasteiger partial charge is 0.471 e. The summed E-state index contributed by atoms with van der Waals surface area (Å²) in [6.45, 7) is 1.93. The zero-order valence-electron chi connectivity index (χ0n) is 20.2. The van der Waals surface area contributed by atoms with Crippen LogP contribution in [0.5, 0.6) is 0 Å². The lowest BCUT2D eigenvalue weighted by atomic mass is 10.1. The molecule has 0 bridgehead atoms. The van der Waals surface area contributed by atoms with Crippen molar-refractivity contribution >= 4 is 11.9 Å². The van der Waals surface area contributed by atoms with E-state index in [1.54, 1.807) is 17.3 Å². The van der Waals surface area contributed by atoms with Gasteiger partial charge in [0.2, 0.25) is 5.82 Å². The van der Waals surface area contributed by atoms with Gasteiger partial charge >= 0.3 is 18.1 Å². The van der Waals surface area contributed by atoms with Gasteiger partial charge in [-0.25, -0.2) is 4.79 Å². The Labute approximate surface area is 215 Å². The number of halogens is 3. The molecule has 13 heteroatoms. The molecule has 1 unspecified atom stereocenters. The predicted molar refractivity (Wildman–Crippen MR) is 127 cm³/mol. The van der Waals surface area contributed by atoms with Gasteiger partial charge in [-0.1, -0.05) is 23.4 Å². The minimum Gasteiger partial charge on any atom is -0.377 e. The van der Waals surface area contributed by atoms with Crippen LogP contribution in [0.1, 0.15) is 40.7 Å². The zero-order valence-corrected chi connectivity index (χ0v) is 20.2. The molecular weight excluding hydrogens is 505 g/mol. The number of likely N-dealkylation sites (tertiary alicyclic amines) is 1. The van der Waals surface area contributed by atoms with Gasteiger partial charge in [0.15, 0.2) is 0 Å². The number of nitrogens with one attached hydrogen (secondary N) is 1. The van der Waals surface area contributed by atoms with Gasteiger partial charge in [0.05, 0.1) is 25.3 Å². The minimum atomic E-state index is -4.74. The summed E-state index contributed by atoms with van der Waals surface area (Å²) in [5.41, 5.74) is 1.56. The van der Waals surface area contributed by atoms with Crippen LogP contribution < -0.4 is 5.32 Å². The molecule has 0 radical (unpaired) electrons. The Kier molecular flexibility index (Phi) is 7.27. The fourth-order valence-corrected chi connectivity index (χ4v) is 4.70. The van der Waals surface area contributed by atoms with Gasteiger partial charge in [-0.3, -0.25) is 9.78 Å². The smallest absolute Gasteiger partial charge is 0.377 e. The SMILES string of the molecule is O=C(NC[C@H]1COCCN1C(=O)N1CCCC1c1cccnc1)c1ccc(-c2noc(C(F)(F)F)n2)cc1. The summed E-state index contributed by atoms with van der Waals surface area (Å²) in [4.78, 5) is 37.4. The van der Waals surface area contributed by atoms with E-state index in [4.69, 9.17) is 4.74 Å². The average molecular weight is 531 g/mol. The number of pyridine rings is 1. The fraction of sp³-hybridized carbons (Fsp3) is 0.400. The Morgan fingerprint density at radius 2 is 1.92 bits per heavy atom. The molecule has 4 heterocycles. The molecule has 3 aromatic rings. The van der Waals surface area contributed by atoms with E-state index < -0.39 is 18.0 Å². The first-order valence-electron chi connectivity index (χ1n) is 12.2. The van der Waals surface area contributed by atoms with Crippen LogP contribution in [0.2, 0.25) is 0 Å². The number of urea groups is 1. The highest BCUT2D eigenvalue weighted by atomic mass is 19.4. The van der Waals surface area contributed by atoms with Crippen LogP contribution in [0, 0.1) is 0 Å². The Bertz CT molecular complexity index is 1270. The van der Waals surface area contributed by atoms with E-state index in [0.717, 1.165) is 18.4 Å². The maximum atomic E-state index is 13.5. The molecule has 0 saturated carbocycles. The number of nitrogens with zero attached hydrogens (tertiary/aromatic N) is 5. The molecule has 3 amide bonds. The van der Waals surface area contributed by atoms with E-state index in [2.05, 4.69) is 25.0 Å². The quantitative estimate of drug-likeness (QED) is 0.537. The number of morpholine rings is 1. The van der Waals surface area contributed by atoms with E-state index in [9.17, 15) is 22.8 Å². The zero-order chi connectivity index (χ0) is 26.7. The van der Waals surface area contributed by atoms with Crippen molar-refractivity contribution in [1.82, 2.24) is 30.2 Å². The molecule has 1 N–H and O–H groups in total. The third-order valence-corrected chi connectivity index (χ3v) is 6.61. The molecule has 200 valence electrons. The first-order valence-corrected chi connectivity index (χ1v) is 12.2. The molecule has 5 rings (SSSR count). The number of hydrogen-bond acceptors (Lipinski definition) is 7. The lowest BCUT2D eigenvalue weighted by Gasteiger charge is -2.39. The lowest BCUT2D eigenvalue weighted by molar-refractivity contribution is -0.159. The summed E-state index contributed by atoms with van der Waals surface area (Å²) in [5.74, 6) is -2.07. The molecule has 2 atom stereocenters. The molecule has 2 aliphatic heterocycles. The van der Waals surface area contributed by atoms with E-state index in [0.29, 0.717) is 25.3 Å². The van der Waals surface area contributed by atoms with Gasteiger partial charge in [0.25, 0.3) is 5.91 Å². The van der Waals surface area contributed by atoms with Crippen molar-refractivity contribution in [3.63, 3.8) is 0 Å². The van der Waals surface area contributed by atoms with E-state index in [-0.39, 0.29) is 42.7 Å². The van der Waals surface area contributed by atoms with Crippen molar-refractivity contribution in [2.75, 3.05) is 32.8 Å². The summed E-state index contributed by atoms with van der Waals surface area (Å²) in [5, 5.41) is 6.17. The number of carbonyl (C=O) groups excluding carboxylic acids is 2. The Hall–Kier alpha value is -4.00. The molecule has 2 fully saturated rings. The standard InChI is InChI=1S/C25H25F3N6O4/c26-25(27,28)23-31-21(32-38-23)16-5-7-17(8-6-16)22(35)30-14-19-15-37-12-11-33(19)24(36)34-10-2-4-20(34)18-3-1-9-29-13-18/h1,3,5-9,13,19-20H,2,4,10-12,14-15H2,(H,30,35)/t19-,20?/m0/s1. The number of benzene rings is 1. The van der Waals surface area contributed by atoms with Gasteiger partial charge in [0, 0.05) is 43.2 Å². The van der Waals surface area contributed by atoms with Gasteiger partial charge < -0.3 is 24.4 Å². The third kappa shape index (κ3) is 5.47. The van der Waals surface area contributed by atoms with Crippen LogP contribution in [-0.4, -0.2) is 75.8 Å². The van der Waals surface area contributed by atoms with Gasteiger partial charge in [-0.15, -0.1) is 0 Å². The van der Waals surface area contributed by atoms with Crippen LogP contribution in [0.25, 0.3) is 11.4 Å². The number of aromatic nitrogens is 3. The summed E-state index contributed by atoms with van der Waals surface area (Å²) in [6.07, 6.45) is 0.507. The highest BCUT2D eigenvalue weighted by molar-refractivity contribution is 5.94. The lowest BCUT2D eigenvalue weighted by Crippen LogP contribution is -2.57. The van der Waals surface area contributed by atoms with Crippen molar-refractivity contribution in [1.29, 1.82) is 0 Å². The second kappa shape index (κ2) is 10.8. The van der Waals surface area contributed by atoms with Crippen molar-refractivity contribution in [2.45, 2.75) is 31.1 Å². The molecule has 0 spiro atoms. The van der Waals surface area contributed by atoms with Crippen LogP contribution >= 0.6 is 0 Å². The van der Waals surface area contributed by atoms with E-state index >= 15 is 0 Å². The molecule has 38 heavy (non-hydrogen) atoms. The number of amides is 3. The number of carbonyl (C=O) groups is 2. The Balaban J connectivity index is 1.21. The molecule has 0 aliphatic carbocycles. The summed E-state index contributed by atoms with van der Waals surface area (Å²) >= 11 is 0. The molecular formula is C25H25F3N6O4. The second-order valence-corrected chi connectivity index (χ2v) is 9.05. The van der Waals surface area contributed by atoms with Gasteiger partial charge in [-0.2, -0.15) is 18.2 Å². The topological polar surface area (TPSA) is 114 Å². The average Bonchev–Trinajstić information content (AvgIpc) is 3.63. The van der Waals surface area contributed by atoms with Crippen molar-refractivity contribution in [3.05, 3.63) is 65.8 Å². The maximum absolute atomic E-state index is 13.5. The monoisotopic (exact) mass is 530 g/mol. The predicted octanol–water partition coefficient (Wildman–Crippen LogP) is 3.54. The van der Waals surface area contributed by atoms with Crippen LogP contribution in [0.15, 0.2) is 53.3 Å². The third-order valence-electron chi connectivity index (χ3n) is 6.61. The summed E-state index contributed by atoms with van der Waals surface area (Å²) in [7, 11) is 0. The van der Waals surface area contributed by atoms with Crippen molar-refractivity contribution in [2.24, 2.45) is 0 Å². The minimum absolute atomic E-state index is 0.0424. The highest BCUT2D eigenvalue weighted by Crippen LogP contribution is 2.33. The number of hydrogen-bond donors (Lipinski definition) is 1. The maximum Gasteiger partial charge on any atom is 0.471 e. The number of ether oxygens (including phenoxy) is 1. The van der Waals surface area contributed by atoms with Crippen LogP contribution in [0.4, 0.5) is 18.0 Å².